The lowest BCUT2D eigenvalue weighted by Gasteiger charge is -2.32. The molecule has 0 N–H and O–H groups in total. The van der Waals surface area contributed by atoms with Gasteiger partial charge in [-0.15, -0.1) is 10.2 Å². The van der Waals surface area contributed by atoms with E-state index in [2.05, 4.69) is 35.1 Å². The summed E-state index contributed by atoms with van der Waals surface area (Å²) in [4.78, 5) is 16.9. The van der Waals surface area contributed by atoms with Crippen LogP contribution in [0.1, 0.15) is 5.56 Å². The molecule has 1 aromatic heterocycles. The average molecular weight is 442 g/mol. The summed E-state index contributed by atoms with van der Waals surface area (Å²) in [5, 5.41) is 10.3. The molecule has 0 saturated carbocycles. The van der Waals surface area contributed by atoms with Gasteiger partial charge in [-0.05, 0) is 49.9 Å². The molecular formula is C22H24ClN5OS. The molecule has 0 unspecified atom stereocenters. The van der Waals surface area contributed by atoms with Crippen LogP contribution in [0.2, 0.25) is 5.02 Å². The molecule has 1 fully saturated rings. The predicted molar refractivity (Wildman–Crippen MR) is 121 cm³/mol. The summed E-state index contributed by atoms with van der Waals surface area (Å²) in [5.41, 5.74) is 3.04. The number of para-hydroxylation sites is 1. The Kier molecular flexibility index (Phi) is 6.41. The Morgan fingerprint density at radius 3 is 2.43 bits per heavy atom. The van der Waals surface area contributed by atoms with Gasteiger partial charge in [0.2, 0.25) is 5.91 Å². The Morgan fingerprint density at radius 2 is 1.73 bits per heavy atom. The van der Waals surface area contributed by atoms with E-state index in [4.69, 9.17) is 11.6 Å². The highest BCUT2D eigenvalue weighted by molar-refractivity contribution is 7.99. The van der Waals surface area contributed by atoms with Gasteiger partial charge in [0, 0.05) is 36.8 Å². The van der Waals surface area contributed by atoms with Gasteiger partial charge < -0.3 is 9.80 Å². The van der Waals surface area contributed by atoms with Crippen molar-refractivity contribution in [2.45, 2.75) is 12.1 Å². The van der Waals surface area contributed by atoms with E-state index >= 15 is 0 Å². The van der Waals surface area contributed by atoms with E-state index in [-0.39, 0.29) is 5.91 Å². The molecule has 1 amide bonds. The summed E-state index contributed by atoms with van der Waals surface area (Å²) in [6.45, 7) is 5.44. The molecule has 2 aromatic carbocycles. The third-order valence-corrected chi connectivity index (χ3v) is 6.44. The molecule has 0 atom stereocenters. The van der Waals surface area contributed by atoms with Gasteiger partial charge in [0.1, 0.15) is 0 Å². The minimum atomic E-state index is 0.139. The largest absolute Gasteiger partial charge is 0.339 e. The fourth-order valence-electron chi connectivity index (χ4n) is 3.45. The molecular weight excluding hydrogens is 418 g/mol. The zero-order valence-corrected chi connectivity index (χ0v) is 18.7. The maximum Gasteiger partial charge on any atom is 0.233 e. The maximum absolute atomic E-state index is 12.7. The first-order valence-corrected chi connectivity index (χ1v) is 11.3. The second kappa shape index (κ2) is 9.20. The fourth-order valence-corrected chi connectivity index (χ4v) is 4.43. The monoisotopic (exact) mass is 441 g/mol. The van der Waals surface area contributed by atoms with Crippen LogP contribution in [-0.2, 0) is 4.79 Å². The lowest BCUT2D eigenvalue weighted by Crippen LogP contribution is -2.47. The van der Waals surface area contributed by atoms with E-state index in [0.29, 0.717) is 15.9 Å². The van der Waals surface area contributed by atoms with Crippen LogP contribution in [0.15, 0.2) is 53.7 Å². The van der Waals surface area contributed by atoms with Crippen molar-refractivity contribution in [1.29, 1.82) is 0 Å². The van der Waals surface area contributed by atoms with Gasteiger partial charge in [0.15, 0.2) is 11.0 Å². The molecule has 0 radical (unpaired) electrons. The van der Waals surface area contributed by atoms with Crippen molar-refractivity contribution in [1.82, 2.24) is 24.6 Å². The molecule has 156 valence electrons. The summed E-state index contributed by atoms with van der Waals surface area (Å²) in [6, 6.07) is 15.7. The third kappa shape index (κ3) is 4.53. The van der Waals surface area contributed by atoms with Crippen LogP contribution in [0, 0.1) is 6.92 Å². The van der Waals surface area contributed by atoms with Crippen LogP contribution >= 0.6 is 23.4 Å². The molecule has 0 aliphatic carbocycles. The van der Waals surface area contributed by atoms with Gasteiger partial charge in [-0.1, -0.05) is 41.6 Å². The molecule has 4 rings (SSSR count). The highest BCUT2D eigenvalue weighted by Crippen LogP contribution is 2.30. The Balaban J connectivity index is 1.62. The van der Waals surface area contributed by atoms with E-state index in [9.17, 15) is 4.79 Å². The zero-order valence-electron chi connectivity index (χ0n) is 17.1. The number of nitrogens with zero attached hydrogens (tertiary/aromatic N) is 5. The number of benzene rings is 2. The van der Waals surface area contributed by atoms with Crippen molar-refractivity contribution in [3.63, 3.8) is 0 Å². The van der Waals surface area contributed by atoms with Gasteiger partial charge >= 0.3 is 0 Å². The number of amides is 1. The predicted octanol–water partition coefficient (Wildman–Crippen LogP) is 3.76. The van der Waals surface area contributed by atoms with E-state index in [1.165, 1.54) is 11.8 Å². The van der Waals surface area contributed by atoms with Gasteiger partial charge in [-0.3, -0.25) is 9.36 Å². The van der Waals surface area contributed by atoms with Crippen LogP contribution in [0.5, 0.6) is 0 Å². The fraction of sp³-hybridized carbons (Fsp3) is 0.318. The topological polar surface area (TPSA) is 54.3 Å². The molecule has 8 heteroatoms. The van der Waals surface area contributed by atoms with Gasteiger partial charge in [-0.25, -0.2) is 0 Å². The van der Waals surface area contributed by atoms with Crippen molar-refractivity contribution in [3.05, 3.63) is 59.1 Å². The Morgan fingerprint density at radius 1 is 1.03 bits per heavy atom. The first-order valence-electron chi connectivity index (χ1n) is 9.89. The number of hydrogen-bond acceptors (Lipinski definition) is 5. The Bertz CT molecular complexity index is 1030. The lowest BCUT2D eigenvalue weighted by atomic mass is 10.1. The van der Waals surface area contributed by atoms with E-state index in [1.807, 2.05) is 51.9 Å². The second-order valence-corrected chi connectivity index (χ2v) is 8.79. The summed E-state index contributed by atoms with van der Waals surface area (Å²) in [7, 11) is 2.08. The number of aryl methyl sites for hydroxylation is 1. The minimum absolute atomic E-state index is 0.139. The molecule has 3 aromatic rings. The normalized spacial score (nSPS) is 14.8. The molecule has 1 saturated heterocycles. The van der Waals surface area contributed by atoms with Gasteiger partial charge in [-0.2, -0.15) is 0 Å². The van der Waals surface area contributed by atoms with Crippen molar-refractivity contribution in [3.8, 4) is 17.1 Å². The number of piperazine rings is 1. The van der Waals surface area contributed by atoms with Crippen LogP contribution < -0.4 is 0 Å². The average Bonchev–Trinajstić information content (AvgIpc) is 3.17. The van der Waals surface area contributed by atoms with Crippen LogP contribution in [-0.4, -0.2) is 69.5 Å². The summed E-state index contributed by atoms with van der Waals surface area (Å²) >= 11 is 7.49. The summed E-state index contributed by atoms with van der Waals surface area (Å²) in [5.74, 6) is 1.21. The van der Waals surface area contributed by atoms with E-state index in [1.54, 1.807) is 0 Å². The highest BCUT2D eigenvalue weighted by atomic mass is 35.5. The second-order valence-electron chi connectivity index (χ2n) is 7.41. The van der Waals surface area contributed by atoms with E-state index < -0.39 is 0 Å². The first kappa shape index (κ1) is 20.9. The Hall–Kier alpha value is -2.35. The van der Waals surface area contributed by atoms with Gasteiger partial charge in [0.05, 0.1) is 11.4 Å². The third-order valence-electron chi connectivity index (χ3n) is 5.27. The molecule has 2 heterocycles. The molecule has 6 nitrogen and oxygen atoms in total. The number of halogens is 1. The number of carbonyl (C=O) groups is 1. The van der Waals surface area contributed by atoms with Crippen molar-refractivity contribution in [2.75, 3.05) is 39.0 Å². The van der Waals surface area contributed by atoms with Crippen LogP contribution in [0.4, 0.5) is 0 Å². The van der Waals surface area contributed by atoms with Gasteiger partial charge in [0.25, 0.3) is 0 Å². The number of thioether (sulfide) groups is 1. The van der Waals surface area contributed by atoms with Crippen LogP contribution in [0.3, 0.4) is 0 Å². The first-order chi connectivity index (χ1) is 14.5. The number of aromatic nitrogens is 3. The number of carbonyl (C=O) groups excluding carboxylic acids is 1. The summed E-state index contributed by atoms with van der Waals surface area (Å²) < 4.78 is 2.03. The minimum Gasteiger partial charge on any atom is -0.339 e. The quantitative estimate of drug-likeness (QED) is 0.564. The van der Waals surface area contributed by atoms with Crippen molar-refractivity contribution >= 4 is 29.3 Å². The zero-order chi connectivity index (χ0) is 21.1. The number of hydrogen-bond donors (Lipinski definition) is 0. The maximum atomic E-state index is 12.7. The highest BCUT2D eigenvalue weighted by Gasteiger charge is 2.22. The molecule has 0 bridgehead atoms. The summed E-state index contributed by atoms with van der Waals surface area (Å²) in [6.07, 6.45) is 0. The smallest absolute Gasteiger partial charge is 0.233 e. The molecule has 30 heavy (non-hydrogen) atoms. The lowest BCUT2D eigenvalue weighted by molar-refractivity contribution is -0.129. The Labute approximate surface area is 185 Å². The van der Waals surface area contributed by atoms with Crippen LogP contribution in [0.25, 0.3) is 17.1 Å². The standard InChI is InChI=1S/C22H24ClN5OS/c1-16-5-3-4-6-19(16)28-21(17-7-9-18(23)10-8-17)24-25-22(28)30-15-20(29)27-13-11-26(2)12-14-27/h3-10H,11-15H2,1-2H3. The molecule has 1 aliphatic rings. The van der Waals surface area contributed by atoms with E-state index in [0.717, 1.165) is 48.8 Å². The van der Waals surface area contributed by atoms with Crippen molar-refractivity contribution in [2.24, 2.45) is 0 Å². The molecule has 1 aliphatic heterocycles. The number of rotatable bonds is 5. The van der Waals surface area contributed by atoms with Crippen molar-refractivity contribution < 1.29 is 4.79 Å². The number of likely N-dealkylation sites (N-methyl/N-ethyl adjacent to an activating group) is 1. The SMILES string of the molecule is Cc1ccccc1-n1c(SCC(=O)N2CCN(C)CC2)nnc1-c1ccc(Cl)cc1. The molecule has 0 spiro atoms.